The molecule has 1 amide bonds. The van der Waals surface area contributed by atoms with Crippen molar-refractivity contribution in [2.24, 2.45) is 0 Å². The van der Waals surface area contributed by atoms with Crippen LogP contribution < -0.4 is 4.90 Å². The molecule has 0 spiro atoms. The number of imidazole rings is 1. The molecule has 7 nitrogen and oxygen atoms in total. The van der Waals surface area contributed by atoms with Crippen LogP contribution in [-0.4, -0.2) is 70.6 Å². The van der Waals surface area contributed by atoms with Gasteiger partial charge in [0.15, 0.2) is 0 Å². The topological polar surface area (TPSA) is 57.5 Å². The van der Waals surface area contributed by atoms with E-state index in [1.165, 1.54) is 0 Å². The van der Waals surface area contributed by atoms with E-state index >= 15 is 0 Å². The van der Waals surface area contributed by atoms with Gasteiger partial charge >= 0.3 is 6.03 Å². The van der Waals surface area contributed by atoms with Crippen LogP contribution in [-0.2, 0) is 6.54 Å². The van der Waals surface area contributed by atoms with Crippen LogP contribution in [0.3, 0.4) is 0 Å². The van der Waals surface area contributed by atoms with E-state index in [4.69, 9.17) is 4.98 Å². The van der Waals surface area contributed by atoms with Crippen molar-refractivity contribution in [1.82, 2.24) is 24.3 Å². The Morgan fingerprint density at radius 3 is 2.48 bits per heavy atom. The van der Waals surface area contributed by atoms with Gasteiger partial charge in [0.2, 0.25) is 0 Å². The quantitative estimate of drug-likeness (QED) is 0.714. The molecule has 0 aliphatic carbocycles. The molecule has 1 aliphatic heterocycles. The fourth-order valence-corrected chi connectivity index (χ4v) is 3.47. The summed E-state index contributed by atoms with van der Waals surface area (Å²) in [5.41, 5.74) is 1.72. The maximum Gasteiger partial charge on any atom is 0.329 e. The second kappa shape index (κ2) is 7.36. The zero-order valence-electron chi connectivity index (χ0n) is 15.7. The molecular formula is C20H24N6O. The van der Waals surface area contributed by atoms with E-state index in [1.54, 1.807) is 23.6 Å². The van der Waals surface area contributed by atoms with Gasteiger partial charge in [-0.1, -0.05) is 18.2 Å². The van der Waals surface area contributed by atoms with Crippen molar-refractivity contribution in [1.29, 1.82) is 0 Å². The first-order valence-corrected chi connectivity index (χ1v) is 9.20. The van der Waals surface area contributed by atoms with E-state index in [9.17, 15) is 4.79 Å². The Bertz CT molecular complexity index is 928. The van der Waals surface area contributed by atoms with Gasteiger partial charge in [-0.2, -0.15) is 0 Å². The second-order valence-electron chi connectivity index (χ2n) is 6.98. The van der Waals surface area contributed by atoms with Crippen molar-refractivity contribution >= 4 is 22.9 Å². The zero-order chi connectivity index (χ0) is 18.8. The molecule has 1 saturated heterocycles. The zero-order valence-corrected chi connectivity index (χ0v) is 15.7. The third kappa shape index (κ3) is 3.50. The molecule has 27 heavy (non-hydrogen) atoms. The van der Waals surface area contributed by atoms with Gasteiger partial charge in [-0.05, 0) is 24.3 Å². The molecule has 140 valence electrons. The van der Waals surface area contributed by atoms with Gasteiger partial charge in [0, 0.05) is 46.5 Å². The van der Waals surface area contributed by atoms with Crippen LogP contribution >= 0.6 is 0 Å². The van der Waals surface area contributed by atoms with E-state index in [0.29, 0.717) is 6.54 Å². The molecule has 3 aromatic rings. The predicted molar refractivity (Wildman–Crippen MR) is 106 cm³/mol. The Hall–Kier alpha value is -2.93. The summed E-state index contributed by atoms with van der Waals surface area (Å²) < 4.78 is 1.74. The molecule has 0 bridgehead atoms. The highest BCUT2D eigenvalue weighted by molar-refractivity contribution is 5.89. The standard InChI is InChI=1S/C20H24N6O/c1-23(2)20(27)26-17-8-4-3-7-16(17)22-19(26)15-24-11-13-25(14-12-24)18-9-5-6-10-21-18/h3-10H,11-15H2,1-2H3. The highest BCUT2D eigenvalue weighted by Crippen LogP contribution is 2.19. The normalized spacial score (nSPS) is 15.3. The van der Waals surface area contributed by atoms with Gasteiger partial charge < -0.3 is 9.80 Å². The minimum atomic E-state index is -0.0641. The van der Waals surface area contributed by atoms with Crippen molar-refractivity contribution in [3.05, 3.63) is 54.5 Å². The van der Waals surface area contributed by atoms with Crippen molar-refractivity contribution < 1.29 is 4.79 Å². The second-order valence-corrected chi connectivity index (χ2v) is 6.98. The third-order valence-corrected chi connectivity index (χ3v) is 4.91. The van der Waals surface area contributed by atoms with Gasteiger partial charge in [-0.15, -0.1) is 0 Å². The Morgan fingerprint density at radius 1 is 1.04 bits per heavy atom. The lowest BCUT2D eigenvalue weighted by Gasteiger charge is -2.35. The number of fused-ring (bicyclic) bond motifs is 1. The van der Waals surface area contributed by atoms with E-state index < -0.39 is 0 Å². The number of hydrogen-bond donors (Lipinski definition) is 0. The highest BCUT2D eigenvalue weighted by Gasteiger charge is 2.23. The van der Waals surface area contributed by atoms with Crippen LogP contribution in [0.4, 0.5) is 10.6 Å². The van der Waals surface area contributed by atoms with Gasteiger partial charge in [-0.25, -0.2) is 19.3 Å². The Labute approximate surface area is 158 Å². The van der Waals surface area contributed by atoms with Gasteiger partial charge in [0.25, 0.3) is 0 Å². The lowest BCUT2D eigenvalue weighted by atomic mass is 10.3. The number of amides is 1. The number of para-hydroxylation sites is 2. The summed E-state index contributed by atoms with van der Waals surface area (Å²) in [7, 11) is 3.54. The van der Waals surface area contributed by atoms with Crippen LogP contribution in [0.5, 0.6) is 0 Å². The fourth-order valence-electron chi connectivity index (χ4n) is 3.47. The molecule has 0 unspecified atom stereocenters. The summed E-state index contributed by atoms with van der Waals surface area (Å²) in [6.45, 7) is 4.31. The van der Waals surface area contributed by atoms with Crippen molar-refractivity contribution in [2.45, 2.75) is 6.54 Å². The summed E-state index contributed by atoms with van der Waals surface area (Å²) >= 11 is 0. The maximum atomic E-state index is 12.7. The summed E-state index contributed by atoms with van der Waals surface area (Å²) in [6.07, 6.45) is 1.83. The first-order chi connectivity index (χ1) is 13.1. The molecule has 3 heterocycles. The highest BCUT2D eigenvalue weighted by atomic mass is 16.2. The molecule has 2 aromatic heterocycles. The Kier molecular flexibility index (Phi) is 4.77. The number of pyridine rings is 1. The molecule has 1 aliphatic rings. The van der Waals surface area contributed by atoms with Crippen molar-refractivity contribution in [2.75, 3.05) is 45.2 Å². The molecule has 1 fully saturated rings. The lowest BCUT2D eigenvalue weighted by molar-refractivity contribution is 0.213. The summed E-state index contributed by atoms with van der Waals surface area (Å²) in [5.74, 6) is 1.81. The van der Waals surface area contributed by atoms with E-state index in [0.717, 1.165) is 48.9 Å². The number of rotatable bonds is 3. The summed E-state index contributed by atoms with van der Waals surface area (Å²) in [4.78, 5) is 28.1. The number of piperazine rings is 1. The predicted octanol–water partition coefficient (Wildman–Crippen LogP) is 2.28. The molecule has 7 heteroatoms. The average molecular weight is 364 g/mol. The van der Waals surface area contributed by atoms with Crippen LogP contribution in [0, 0.1) is 0 Å². The summed E-state index contributed by atoms with van der Waals surface area (Å²) in [5, 5.41) is 0. The molecular weight excluding hydrogens is 340 g/mol. The number of nitrogens with zero attached hydrogens (tertiary/aromatic N) is 6. The number of hydrogen-bond acceptors (Lipinski definition) is 5. The first-order valence-electron chi connectivity index (χ1n) is 9.20. The average Bonchev–Trinajstić information content (AvgIpc) is 3.06. The Balaban J connectivity index is 1.52. The van der Waals surface area contributed by atoms with Gasteiger partial charge in [0.1, 0.15) is 11.6 Å². The SMILES string of the molecule is CN(C)C(=O)n1c(CN2CCN(c3ccccn3)CC2)nc2ccccc21. The van der Waals surface area contributed by atoms with Crippen LogP contribution in [0.2, 0.25) is 0 Å². The van der Waals surface area contributed by atoms with E-state index in [1.807, 2.05) is 48.7 Å². The molecule has 0 atom stereocenters. The first kappa shape index (κ1) is 17.5. The minimum Gasteiger partial charge on any atom is -0.354 e. The maximum absolute atomic E-state index is 12.7. The molecule has 1 aromatic carbocycles. The Morgan fingerprint density at radius 2 is 1.78 bits per heavy atom. The smallest absolute Gasteiger partial charge is 0.329 e. The number of aromatic nitrogens is 3. The molecule has 0 radical (unpaired) electrons. The fraction of sp³-hybridized carbons (Fsp3) is 0.350. The van der Waals surface area contributed by atoms with E-state index in [2.05, 4.69) is 14.8 Å². The number of carbonyl (C=O) groups is 1. The van der Waals surface area contributed by atoms with Crippen LogP contribution in [0.25, 0.3) is 11.0 Å². The number of carbonyl (C=O) groups excluding carboxylic acids is 1. The van der Waals surface area contributed by atoms with E-state index in [-0.39, 0.29) is 6.03 Å². The largest absolute Gasteiger partial charge is 0.354 e. The number of anilines is 1. The molecule has 0 N–H and O–H groups in total. The van der Waals surface area contributed by atoms with Crippen LogP contribution in [0.1, 0.15) is 5.82 Å². The lowest BCUT2D eigenvalue weighted by Crippen LogP contribution is -2.46. The monoisotopic (exact) mass is 364 g/mol. The van der Waals surface area contributed by atoms with Crippen molar-refractivity contribution in [3.63, 3.8) is 0 Å². The van der Waals surface area contributed by atoms with Gasteiger partial charge in [-0.3, -0.25) is 4.90 Å². The van der Waals surface area contributed by atoms with Gasteiger partial charge in [0.05, 0.1) is 17.6 Å². The molecule has 0 saturated carbocycles. The number of benzene rings is 1. The van der Waals surface area contributed by atoms with Crippen LogP contribution in [0.15, 0.2) is 48.7 Å². The molecule has 4 rings (SSSR count). The summed E-state index contributed by atoms with van der Waals surface area (Å²) in [6, 6.07) is 13.7. The van der Waals surface area contributed by atoms with Crippen molar-refractivity contribution in [3.8, 4) is 0 Å². The minimum absolute atomic E-state index is 0.0641. The third-order valence-electron chi connectivity index (χ3n) is 4.91.